The smallest absolute Gasteiger partial charge is 0.257 e. The van der Waals surface area contributed by atoms with Crippen LogP contribution in [0.3, 0.4) is 0 Å². The molecule has 0 aromatic heterocycles. The minimum absolute atomic E-state index is 0.0804. The third kappa shape index (κ3) is 5.18. The van der Waals surface area contributed by atoms with Gasteiger partial charge in [-0.2, -0.15) is 0 Å². The van der Waals surface area contributed by atoms with Crippen LogP contribution in [-0.4, -0.2) is 37.0 Å². The molecule has 2 aliphatic heterocycles. The third-order valence-corrected chi connectivity index (χ3v) is 5.53. The maximum atomic E-state index is 12.1. The number of para-hydroxylation sites is 1. The van der Waals surface area contributed by atoms with Crippen LogP contribution in [0.2, 0.25) is 0 Å². The van der Waals surface area contributed by atoms with Gasteiger partial charge in [0.05, 0.1) is 12.2 Å². The summed E-state index contributed by atoms with van der Waals surface area (Å²) in [5, 5.41) is 6.09. The fourth-order valence-corrected chi connectivity index (χ4v) is 3.90. The molecule has 2 heterocycles. The molecule has 1 amide bonds. The second-order valence-corrected chi connectivity index (χ2v) is 7.68. The zero-order valence-corrected chi connectivity index (χ0v) is 16.8. The number of rotatable bonds is 8. The molecule has 0 radical (unpaired) electrons. The van der Waals surface area contributed by atoms with Crippen LogP contribution in [0.5, 0.6) is 5.75 Å². The number of ether oxygens (including phenoxy) is 1. The number of carbonyl (C=O) groups excluding carboxylic acids is 1. The summed E-state index contributed by atoms with van der Waals surface area (Å²) in [6, 6.07) is 15.6. The highest BCUT2D eigenvalue weighted by molar-refractivity contribution is 6.31. The number of nitrogens with zero attached hydrogens (tertiary/aromatic N) is 1. The van der Waals surface area contributed by atoms with Gasteiger partial charge in [0.15, 0.2) is 0 Å². The Morgan fingerprint density at radius 2 is 1.79 bits per heavy atom. The highest BCUT2D eigenvalue weighted by Crippen LogP contribution is 2.31. The van der Waals surface area contributed by atoms with Gasteiger partial charge in [-0.05, 0) is 75.6 Å². The largest absolute Gasteiger partial charge is 0.494 e. The van der Waals surface area contributed by atoms with Crippen LogP contribution in [0.15, 0.2) is 54.7 Å². The number of hydrogen-bond donors (Lipinski definition) is 2. The Morgan fingerprint density at radius 3 is 2.62 bits per heavy atom. The van der Waals surface area contributed by atoms with E-state index in [4.69, 9.17) is 4.74 Å². The van der Waals surface area contributed by atoms with Crippen LogP contribution >= 0.6 is 0 Å². The van der Waals surface area contributed by atoms with E-state index in [1.54, 1.807) is 6.20 Å². The Morgan fingerprint density at radius 1 is 1.00 bits per heavy atom. The molecule has 2 aromatic rings. The van der Waals surface area contributed by atoms with E-state index in [1.165, 1.54) is 45.3 Å². The highest BCUT2D eigenvalue weighted by atomic mass is 16.5. The molecule has 1 saturated heterocycles. The molecule has 5 nitrogen and oxygen atoms in total. The zero-order valence-electron chi connectivity index (χ0n) is 16.8. The fourth-order valence-electron chi connectivity index (χ4n) is 3.90. The summed E-state index contributed by atoms with van der Waals surface area (Å²) >= 11 is 0. The summed E-state index contributed by atoms with van der Waals surface area (Å²) in [5.74, 6) is 0.799. The SMILES string of the molecule is O=C1Nc2ccccc2/C1=C\Nc1ccc(OCCCCN2CCCCC2)cc1. The lowest BCUT2D eigenvalue weighted by Crippen LogP contribution is -2.30. The van der Waals surface area contributed by atoms with Crippen molar-refractivity contribution in [2.24, 2.45) is 0 Å². The number of likely N-dealkylation sites (tertiary alicyclic amines) is 1. The molecule has 2 N–H and O–H groups in total. The molecular weight excluding hydrogens is 362 g/mol. The maximum absolute atomic E-state index is 12.1. The lowest BCUT2D eigenvalue weighted by atomic mass is 10.1. The molecule has 0 aliphatic carbocycles. The first-order valence-corrected chi connectivity index (χ1v) is 10.6. The first-order chi connectivity index (χ1) is 14.3. The second-order valence-electron chi connectivity index (χ2n) is 7.68. The van der Waals surface area contributed by atoms with Gasteiger partial charge in [0.2, 0.25) is 0 Å². The standard InChI is InChI=1S/C24H29N3O2/c28-24-22(21-8-2-3-9-23(21)26-24)18-25-19-10-12-20(13-11-19)29-17-7-6-16-27-14-4-1-5-15-27/h2-3,8-13,18,25H,1,4-7,14-17H2,(H,26,28)/b22-18+. The molecule has 1 fully saturated rings. The molecule has 0 atom stereocenters. The topological polar surface area (TPSA) is 53.6 Å². The van der Waals surface area contributed by atoms with Crippen molar-refractivity contribution >= 4 is 22.9 Å². The average Bonchev–Trinajstić information content (AvgIpc) is 3.08. The predicted molar refractivity (Wildman–Crippen MR) is 118 cm³/mol. The van der Waals surface area contributed by atoms with E-state index >= 15 is 0 Å². The van der Waals surface area contributed by atoms with Crippen LogP contribution < -0.4 is 15.4 Å². The quantitative estimate of drug-likeness (QED) is 0.504. The molecule has 4 rings (SSSR count). The number of hydrogen-bond acceptors (Lipinski definition) is 4. The Balaban J connectivity index is 1.22. The lowest BCUT2D eigenvalue weighted by Gasteiger charge is -2.26. The van der Waals surface area contributed by atoms with Crippen molar-refractivity contribution in [3.8, 4) is 5.75 Å². The molecular formula is C24H29N3O2. The van der Waals surface area contributed by atoms with E-state index in [2.05, 4.69) is 15.5 Å². The van der Waals surface area contributed by atoms with Crippen molar-refractivity contribution in [3.05, 3.63) is 60.3 Å². The van der Waals surface area contributed by atoms with Crippen molar-refractivity contribution in [1.29, 1.82) is 0 Å². The molecule has 2 aromatic carbocycles. The van der Waals surface area contributed by atoms with Gasteiger partial charge in [0.25, 0.3) is 5.91 Å². The van der Waals surface area contributed by atoms with Crippen LogP contribution in [0.1, 0.15) is 37.7 Å². The Hall–Kier alpha value is -2.79. The van der Waals surface area contributed by atoms with Crippen LogP contribution in [0, 0.1) is 0 Å². The number of benzene rings is 2. The summed E-state index contributed by atoms with van der Waals surface area (Å²) < 4.78 is 5.87. The van der Waals surface area contributed by atoms with Crippen molar-refractivity contribution in [1.82, 2.24) is 4.90 Å². The van der Waals surface area contributed by atoms with Crippen molar-refractivity contribution in [2.45, 2.75) is 32.1 Å². The van der Waals surface area contributed by atoms with Gasteiger partial charge in [0.1, 0.15) is 5.75 Å². The Kier molecular flexibility index (Phi) is 6.47. The Labute approximate surface area is 172 Å². The second kappa shape index (κ2) is 9.61. The molecule has 0 spiro atoms. The van der Waals surface area contributed by atoms with E-state index in [0.29, 0.717) is 5.57 Å². The van der Waals surface area contributed by atoms with Crippen molar-refractivity contribution < 1.29 is 9.53 Å². The number of carbonyl (C=O) groups is 1. The number of amides is 1. The van der Waals surface area contributed by atoms with E-state index in [0.717, 1.165) is 35.7 Å². The zero-order chi connectivity index (χ0) is 19.9. The summed E-state index contributed by atoms with van der Waals surface area (Å²) in [5.41, 5.74) is 3.35. The summed E-state index contributed by atoms with van der Waals surface area (Å²) in [7, 11) is 0. The van der Waals surface area contributed by atoms with Crippen LogP contribution in [0.25, 0.3) is 5.57 Å². The third-order valence-electron chi connectivity index (χ3n) is 5.53. The van der Waals surface area contributed by atoms with Crippen LogP contribution in [0.4, 0.5) is 11.4 Å². The van der Waals surface area contributed by atoms with Gasteiger partial charge >= 0.3 is 0 Å². The highest BCUT2D eigenvalue weighted by Gasteiger charge is 2.23. The van der Waals surface area contributed by atoms with Gasteiger partial charge < -0.3 is 20.3 Å². The molecule has 0 unspecified atom stereocenters. The number of anilines is 2. The normalized spacial score (nSPS) is 17.8. The summed E-state index contributed by atoms with van der Waals surface area (Å²) in [4.78, 5) is 14.7. The molecule has 5 heteroatoms. The molecule has 152 valence electrons. The molecule has 29 heavy (non-hydrogen) atoms. The first-order valence-electron chi connectivity index (χ1n) is 10.6. The van der Waals surface area contributed by atoms with Crippen molar-refractivity contribution in [3.63, 3.8) is 0 Å². The van der Waals surface area contributed by atoms with E-state index < -0.39 is 0 Å². The number of fused-ring (bicyclic) bond motifs is 1. The fraction of sp³-hybridized carbons (Fsp3) is 0.375. The van der Waals surface area contributed by atoms with Gasteiger partial charge in [-0.3, -0.25) is 4.79 Å². The number of piperidine rings is 1. The van der Waals surface area contributed by atoms with Crippen LogP contribution in [-0.2, 0) is 4.79 Å². The van der Waals surface area contributed by atoms with E-state index in [9.17, 15) is 4.79 Å². The summed E-state index contributed by atoms with van der Waals surface area (Å²) in [6.07, 6.45) is 8.13. The molecule has 2 aliphatic rings. The van der Waals surface area contributed by atoms with Gasteiger partial charge in [0, 0.05) is 23.1 Å². The predicted octanol–water partition coefficient (Wildman–Crippen LogP) is 4.74. The number of nitrogens with one attached hydrogen (secondary N) is 2. The monoisotopic (exact) mass is 391 g/mol. The van der Waals surface area contributed by atoms with Gasteiger partial charge in [-0.15, -0.1) is 0 Å². The molecule has 0 bridgehead atoms. The van der Waals surface area contributed by atoms with Gasteiger partial charge in [-0.1, -0.05) is 24.6 Å². The van der Waals surface area contributed by atoms with Crippen molar-refractivity contribution in [2.75, 3.05) is 36.9 Å². The Bertz CT molecular complexity index is 855. The van der Waals surface area contributed by atoms with E-state index in [1.807, 2.05) is 48.5 Å². The van der Waals surface area contributed by atoms with E-state index in [-0.39, 0.29) is 5.91 Å². The molecule has 0 saturated carbocycles. The van der Waals surface area contributed by atoms with Gasteiger partial charge in [-0.25, -0.2) is 0 Å². The average molecular weight is 392 g/mol. The lowest BCUT2D eigenvalue weighted by molar-refractivity contribution is -0.110. The minimum Gasteiger partial charge on any atom is -0.494 e. The first kappa shape index (κ1) is 19.5. The number of unbranched alkanes of at least 4 members (excludes halogenated alkanes) is 1. The summed E-state index contributed by atoms with van der Waals surface area (Å²) in [6.45, 7) is 4.47. The minimum atomic E-state index is -0.0804. The maximum Gasteiger partial charge on any atom is 0.257 e.